The molecular formula is C15H23N3O. The van der Waals surface area contributed by atoms with Crippen molar-refractivity contribution in [2.45, 2.75) is 44.1 Å². The zero-order valence-corrected chi connectivity index (χ0v) is 11.5. The van der Waals surface area contributed by atoms with Crippen LogP contribution in [-0.4, -0.2) is 18.0 Å². The van der Waals surface area contributed by atoms with Crippen LogP contribution in [0, 0.1) is 0 Å². The Morgan fingerprint density at radius 1 is 1.21 bits per heavy atom. The van der Waals surface area contributed by atoms with Gasteiger partial charge in [0.2, 0.25) is 0 Å². The standard InChI is InChI=1S/C15H23N3O/c1-18(17)15(19)14(16)13-9-7-12(8-10-13)11-5-3-2-4-6-11/h7-11,14H,2-6,16-17H2,1H3. The minimum absolute atomic E-state index is 0.273. The summed E-state index contributed by atoms with van der Waals surface area (Å²) in [6.45, 7) is 0. The van der Waals surface area contributed by atoms with Gasteiger partial charge in [0.05, 0.1) is 0 Å². The Morgan fingerprint density at radius 2 is 1.79 bits per heavy atom. The molecule has 1 aromatic carbocycles. The Hall–Kier alpha value is -1.39. The first-order valence-electron chi connectivity index (χ1n) is 6.97. The van der Waals surface area contributed by atoms with E-state index in [1.807, 2.05) is 12.1 Å². The van der Waals surface area contributed by atoms with Crippen LogP contribution in [0.2, 0.25) is 0 Å². The number of nitrogens with zero attached hydrogens (tertiary/aromatic N) is 1. The summed E-state index contributed by atoms with van der Waals surface area (Å²) in [5, 5.41) is 1.04. The van der Waals surface area contributed by atoms with E-state index in [0.29, 0.717) is 5.92 Å². The third-order valence-electron chi connectivity index (χ3n) is 3.99. The van der Waals surface area contributed by atoms with Crippen LogP contribution in [0.3, 0.4) is 0 Å². The molecule has 1 amide bonds. The fourth-order valence-electron chi connectivity index (χ4n) is 2.77. The van der Waals surface area contributed by atoms with Crippen molar-refractivity contribution in [1.29, 1.82) is 0 Å². The number of benzene rings is 1. The maximum Gasteiger partial charge on any atom is 0.257 e. The van der Waals surface area contributed by atoms with Gasteiger partial charge in [-0.2, -0.15) is 0 Å². The van der Waals surface area contributed by atoms with Crippen molar-refractivity contribution in [3.63, 3.8) is 0 Å². The second kappa shape index (κ2) is 6.17. The topological polar surface area (TPSA) is 72.3 Å². The van der Waals surface area contributed by atoms with Crippen LogP contribution in [0.5, 0.6) is 0 Å². The van der Waals surface area contributed by atoms with Gasteiger partial charge in [-0.05, 0) is 29.9 Å². The average molecular weight is 261 g/mol. The maximum absolute atomic E-state index is 11.7. The number of hydrazine groups is 1. The lowest BCUT2D eigenvalue weighted by Crippen LogP contribution is -2.40. The maximum atomic E-state index is 11.7. The van der Waals surface area contributed by atoms with Crippen molar-refractivity contribution >= 4 is 5.91 Å². The highest BCUT2D eigenvalue weighted by Crippen LogP contribution is 2.32. The quantitative estimate of drug-likeness (QED) is 0.497. The summed E-state index contributed by atoms with van der Waals surface area (Å²) in [4.78, 5) is 11.7. The molecule has 1 saturated carbocycles. The smallest absolute Gasteiger partial charge is 0.257 e. The summed E-state index contributed by atoms with van der Waals surface area (Å²) in [6, 6.07) is 7.45. The molecule has 1 unspecified atom stereocenters. The van der Waals surface area contributed by atoms with Crippen molar-refractivity contribution in [3.8, 4) is 0 Å². The third-order valence-corrected chi connectivity index (χ3v) is 3.99. The summed E-state index contributed by atoms with van der Waals surface area (Å²) in [5.74, 6) is 5.83. The average Bonchev–Trinajstić information content (AvgIpc) is 2.46. The van der Waals surface area contributed by atoms with Crippen LogP contribution in [0.4, 0.5) is 0 Å². The van der Waals surface area contributed by atoms with Crippen LogP contribution in [-0.2, 0) is 4.79 Å². The number of rotatable bonds is 3. The number of nitrogens with two attached hydrogens (primary N) is 2. The van der Waals surface area contributed by atoms with E-state index in [4.69, 9.17) is 11.6 Å². The first kappa shape index (κ1) is 14.0. The monoisotopic (exact) mass is 261 g/mol. The van der Waals surface area contributed by atoms with Gasteiger partial charge in [0.15, 0.2) is 0 Å². The highest BCUT2D eigenvalue weighted by atomic mass is 16.2. The van der Waals surface area contributed by atoms with Gasteiger partial charge in [-0.25, -0.2) is 5.84 Å². The number of amides is 1. The van der Waals surface area contributed by atoms with E-state index in [2.05, 4.69) is 12.1 Å². The number of hydrogen-bond acceptors (Lipinski definition) is 3. The number of likely N-dealkylation sites (N-methyl/N-ethyl adjacent to an activating group) is 1. The van der Waals surface area contributed by atoms with Gasteiger partial charge in [0.25, 0.3) is 5.91 Å². The molecule has 4 nitrogen and oxygen atoms in total. The zero-order valence-electron chi connectivity index (χ0n) is 11.5. The molecule has 1 aromatic rings. The minimum atomic E-state index is -0.671. The molecule has 0 radical (unpaired) electrons. The molecule has 0 heterocycles. The van der Waals surface area contributed by atoms with Crippen LogP contribution in [0.15, 0.2) is 24.3 Å². The molecule has 1 aliphatic carbocycles. The Balaban J connectivity index is 2.07. The first-order chi connectivity index (χ1) is 9.09. The van der Waals surface area contributed by atoms with E-state index in [-0.39, 0.29) is 5.91 Å². The molecule has 19 heavy (non-hydrogen) atoms. The van der Waals surface area contributed by atoms with Crippen molar-refractivity contribution in [3.05, 3.63) is 35.4 Å². The summed E-state index contributed by atoms with van der Waals surface area (Å²) >= 11 is 0. The minimum Gasteiger partial charge on any atom is -0.316 e. The Bertz CT molecular complexity index is 422. The van der Waals surface area contributed by atoms with Crippen LogP contribution in [0.25, 0.3) is 0 Å². The molecule has 0 aromatic heterocycles. The normalized spacial score (nSPS) is 18.1. The molecule has 4 heteroatoms. The summed E-state index contributed by atoms with van der Waals surface area (Å²) < 4.78 is 0. The van der Waals surface area contributed by atoms with Gasteiger partial charge in [-0.1, -0.05) is 43.5 Å². The van der Waals surface area contributed by atoms with E-state index in [1.165, 1.54) is 44.7 Å². The molecule has 0 bridgehead atoms. The summed E-state index contributed by atoms with van der Waals surface area (Å²) in [6.07, 6.45) is 6.55. The number of carbonyl (C=O) groups is 1. The van der Waals surface area contributed by atoms with Crippen LogP contribution >= 0.6 is 0 Å². The van der Waals surface area contributed by atoms with Crippen molar-refractivity contribution in [2.75, 3.05) is 7.05 Å². The molecular weight excluding hydrogens is 238 g/mol. The Labute approximate surface area is 114 Å². The lowest BCUT2D eigenvalue weighted by Gasteiger charge is -2.22. The van der Waals surface area contributed by atoms with Gasteiger partial charge >= 0.3 is 0 Å². The first-order valence-corrected chi connectivity index (χ1v) is 6.97. The van der Waals surface area contributed by atoms with E-state index >= 15 is 0 Å². The molecule has 0 aliphatic heterocycles. The molecule has 104 valence electrons. The van der Waals surface area contributed by atoms with Crippen LogP contribution in [0.1, 0.15) is 55.2 Å². The second-order valence-electron chi connectivity index (χ2n) is 5.43. The van der Waals surface area contributed by atoms with Gasteiger partial charge in [0, 0.05) is 7.05 Å². The van der Waals surface area contributed by atoms with E-state index < -0.39 is 6.04 Å². The highest BCUT2D eigenvalue weighted by Gasteiger charge is 2.19. The third kappa shape index (κ3) is 3.33. The zero-order chi connectivity index (χ0) is 13.8. The van der Waals surface area contributed by atoms with Gasteiger partial charge in [0.1, 0.15) is 6.04 Å². The predicted octanol–water partition coefficient (Wildman–Crippen LogP) is 2.07. The summed E-state index contributed by atoms with van der Waals surface area (Å²) in [7, 11) is 1.51. The lowest BCUT2D eigenvalue weighted by molar-refractivity contribution is -0.131. The molecule has 4 N–H and O–H groups in total. The van der Waals surface area contributed by atoms with Gasteiger partial charge in [-0.15, -0.1) is 0 Å². The Morgan fingerprint density at radius 3 is 2.32 bits per heavy atom. The van der Waals surface area contributed by atoms with Crippen molar-refractivity contribution < 1.29 is 4.79 Å². The van der Waals surface area contributed by atoms with Crippen LogP contribution < -0.4 is 11.6 Å². The predicted molar refractivity (Wildman–Crippen MR) is 76.2 cm³/mol. The lowest BCUT2D eigenvalue weighted by atomic mass is 9.84. The van der Waals surface area contributed by atoms with Crippen molar-refractivity contribution in [2.24, 2.45) is 11.6 Å². The van der Waals surface area contributed by atoms with Gasteiger partial charge < -0.3 is 5.73 Å². The van der Waals surface area contributed by atoms with E-state index in [1.54, 1.807) is 0 Å². The number of carbonyl (C=O) groups excluding carboxylic acids is 1. The van der Waals surface area contributed by atoms with Gasteiger partial charge in [-0.3, -0.25) is 9.80 Å². The molecule has 0 saturated heterocycles. The molecule has 0 spiro atoms. The number of hydrogen-bond donors (Lipinski definition) is 2. The van der Waals surface area contributed by atoms with E-state index in [0.717, 1.165) is 10.6 Å². The molecule has 1 fully saturated rings. The molecule has 2 rings (SSSR count). The van der Waals surface area contributed by atoms with Crippen molar-refractivity contribution in [1.82, 2.24) is 5.01 Å². The molecule has 1 aliphatic rings. The molecule has 1 atom stereocenters. The second-order valence-corrected chi connectivity index (χ2v) is 5.43. The summed E-state index contributed by atoms with van der Waals surface area (Å²) in [5.41, 5.74) is 8.08. The SMILES string of the molecule is CN(N)C(=O)C(N)c1ccc(C2CCCCC2)cc1. The largest absolute Gasteiger partial charge is 0.316 e. The fraction of sp³-hybridized carbons (Fsp3) is 0.533. The Kier molecular flexibility index (Phi) is 4.56. The highest BCUT2D eigenvalue weighted by molar-refractivity contribution is 5.82. The van der Waals surface area contributed by atoms with E-state index in [9.17, 15) is 4.79 Å². The fourth-order valence-corrected chi connectivity index (χ4v) is 2.77.